The molecule has 2 aromatic heterocycles. The molecule has 0 amide bonds. The molecule has 0 saturated heterocycles. The maximum atomic E-state index is 13.5. The number of halogens is 1. The number of pyridine rings is 2. The van der Waals surface area contributed by atoms with E-state index in [1.54, 1.807) is 44.9 Å². The SMILES string of the molecule is CCN(CC=Nc1cnccc1N(C)CCOC)C(=NC)c1cccc(F)n1. The molecule has 0 N–H and O–H groups in total. The predicted molar refractivity (Wildman–Crippen MR) is 111 cm³/mol. The Hall–Kier alpha value is -2.87. The number of ether oxygens (including phenoxy) is 1. The van der Waals surface area contributed by atoms with Gasteiger partial charge in [-0.25, -0.2) is 4.98 Å². The monoisotopic (exact) mass is 386 g/mol. The van der Waals surface area contributed by atoms with Crippen molar-refractivity contribution < 1.29 is 9.13 Å². The quantitative estimate of drug-likeness (QED) is 0.377. The van der Waals surface area contributed by atoms with Gasteiger partial charge in [-0.3, -0.25) is 15.0 Å². The van der Waals surface area contributed by atoms with E-state index < -0.39 is 5.95 Å². The third kappa shape index (κ3) is 5.82. The Morgan fingerprint density at radius 2 is 2.14 bits per heavy atom. The van der Waals surface area contributed by atoms with Gasteiger partial charge in [0.1, 0.15) is 17.2 Å². The number of hydrogen-bond acceptors (Lipinski definition) is 6. The Bertz CT molecular complexity index is 811. The lowest BCUT2D eigenvalue weighted by molar-refractivity contribution is 0.206. The molecule has 0 bridgehead atoms. The minimum atomic E-state index is -0.525. The highest BCUT2D eigenvalue weighted by Gasteiger charge is 2.13. The van der Waals surface area contributed by atoms with Crippen LogP contribution in [0.15, 0.2) is 46.6 Å². The van der Waals surface area contributed by atoms with Crippen LogP contribution < -0.4 is 4.90 Å². The van der Waals surface area contributed by atoms with E-state index in [2.05, 4.69) is 24.9 Å². The van der Waals surface area contributed by atoms with Gasteiger partial charge in [0.05, 0.1) is 25.0 Å². The molecular formula is C20H27FN6O. The third-order valence-corrected chi connectivity index (χ3v) is 4.19. The van der Waals surface area contributed by atoms with Crippen LogP contribution in [0.1, 0.15) is 12.6 Å². The summed E-state index contributed by atoms with van der Waals surface area (Å²) < 4.78 is 18.6. The van der Waals surface area contributed by atoms with Gasteiger partial charge in [0.15, 0.2) is 0 Å². The van der Waals surface area contributed by atoms with Crippen LogP contribution in [0.3, 0.4) is 0 Å². The summed E-state index contributed by atoms with van der Waals surface area (Å²) in [5.74, 6) is 0.0968. The summed E-state index contributed by atoms with van der Waals surface area (Å²) in [7, 11) is 5.34. The van der Waals surface area contributed by atoms with E-state index in [4.69, 9.17) is 4.74 Å². The summed E-state index contributed by atoms with van der Waals surface area (Å²) >= 11 is 0. The van der Waals surface area contributed by atoms with Crippen molar-refractivity contribution in [3.63, 3.8) is 0 Å². The second kappa shape index (κ2) is 11.1. The van der Waals surface area contributed by atoms with Crippen LogP contribution in [0.2, 0.25) is 0 Å². The smallest absolute Gasteiger partial charge is 0.213 e. The predicted octanol–water partition coefficient (Wildman–Crippen LogP) is 2.80. The number of likely N-dealkylation sites (N-methyl/N-ethyl adjacent to an activating group) is 1. The molecule has 0 atom stereocenters. The van der Waals surface area contributed by atoms with E-state index >= 15 is 0 Å². The fourth-order valence-corrected chi connectivity index (χ4v) is 2.70. The lowest BCUT2D eigenvalue weighted by Gasteiger charge is -2.22. The van der Waals surface area contributed by atoms with E-state index in [-0.39, 0.29) is 0 Å². The second-order valence-corrected chi connectivity index (χ2v) is 6.02. The third-order valence-electron chi connectivity index (χ3n) is 4.19. The summed E-state index contributed by atoms with van der Waals surface area (Å²) in [4.78, 5) is 21.0. The Kier molecular flexibility index (Phi) is 8.48. The topological polar surface area (TPSA) is 66.2 Å². The largest absolute Gasteiger partial charge is 0.383 e. The highest BCUT2D eigenvalue weighted by molar-refractivity contribution is 5.98. The Balaban J connectivity index is 2.14. The van der Waals surface area contributed by atoms with Gasteiger partial charge in [0.25, 0.3) is 0 Å². The lowest BCUT2D eigenvalue weighted by Crippen LogP contribution is -2.34. The van der Waals surface area contributed by atoms with Gasteiger partial charge in [-0.2, -0.15) is 4.39 Å². The molecule has 0 spiro atoms. The average Bonchev–Trinajstić information content (AvgIpc) is 2.71. The molecule has 0 aliphatic heterocycles. The van der Waals surface area contributed by atoms with Crippen LogP contribution in [0.5, 0.6) is 0 Å². The molecular weight excluding hydrogens is 359 g/mol. The van der Waals surface area contributed by atoms with Crippen molar-refractivity contribution in [1.82, 2.24) is 14.9 Å². The van der Waals surface area contributed by atoms with Crippen LogP contribution in [0.4, 0.5) is 15.8 Å². The summed E-state index contributed by atoms with van der Waals surface area (Å²) in [6.45, 7) is 4.58. The molecule has 0 aliphatic rings. The first-order chi connectivity index (χ1) is 13.6. The van der Waals surface area contributed by atoms with Gasteiger partial charge >= 0.3 is 0 Å². The number of nitrogens with zero attached hydrogens (tertiary/aromatic N) is 6. The van der Waals surface area contributed by atoms with Crippen molar-refractivity contribution in [2.24, 2.45) is 9.98 Å². The first-order valence-corrected chi connectivity index (χ1v) is 9.12. The Labute approximate surface area is 165 Å². The molecule has 0 aromatic carbocycles. The van der Waals surface area contributed by atoms with E-state index in [1.807, 2.05) is 24.9 Å². The first-order valence-electron chi connectivity index (χ1n) is 9.12. The van der Waals surface area contributed by atoms with Crippen molar-refractivity contribution >= 4 is 23.4 Å². The molecule has 150 valence electrons. The maximum absolute atomic E-state index is 13.5. The number of rotatable bonds is 9. The van der Waals surface area contributed by atoms with Gasteiger partial charge in [0.2, 0.25) is 5.95 Å². The number of hydrogen-bond donors (Lipinski definition) is 0. The first kappa shape index (κ1) is 21.4. The highest BCUT2D eigenvalue weighted by atomic mass is 19.1. The zero-order valence-electron chi connectivity index (χ0n) is 16.8. The Morgan fingerprint density at radius 1 is 1.32 bits per heavy atom. The number of amidine groups is 1. The fourth-order valence-electron chi connectivity index (χ4n) is 2.70. The molecule has 2 aromatic rings. The zero-order chi connectivity index (χ0) is 20.4. The molecule has 0 aliphatic carbocycles. The summed E-state index contributed by atoms with van der Waals surface area (Å²) in [5, 5.41) is 0. The summed E-state index contributed by atoms with van der Waals surface area (Å²) in [5.41, 5.74) is 2.25. The molecule has 2 heterocycles. The van der Waals surface area contributed by atoms with E-state index in [9.17, 15) is 4.39 Å². The summed E-state index contributed by atoms with van der Waals surface area (Å²) in [6.07, 6.45) is 5.28. The van der Waals surface area contributed by atoms with Gasteiger partial charge in [-0.05, 0) is 25.1 Å². The van der Waals surface area contributed by atoms with Crippen LogP contribution >= 0.6 is 0 Å². The molecule has 0 saturated carbocycles. The number of aromatic nitrogens is 2. The number of methoxy groups -OCH3 is 1. The zero-order valence-corrected chi connectivity index (χ0v) is 16.8. The second-order valence-electron chi connectivity index (χ2n) is 6.02. The molecule has 8 heteroatoms. The molecule has 0 radical (unpaired) electrons. The standard InChI is InChI=1S/C20H27FN6O/c1-5-27(20(22-2)16-7-6-8-19(21)25-16)12-11-24-17-15-23-10-9-18(17)26(3)13-14-28-4/h6-11,15H,5,12-14H2,1-4H3. The van der Waals surface area contributed by atoms with Crippen molar-refractivity contribution in [1.29, 1.82) is 0 Å². The fraction of sp³-hybridized carbons (Fsp3) is 0.400. The van der Waals surface area contributed by atoms with Gasteiger partial charge in [-0.15, -0.1) is 0 Å². The number of anilines is 1. The van der Waals surface area contributed by atoms with Crippen LogP contribution in [-0.2, 0) is 4.74 Å². The minimum Gasteiger partial charge on any atom is -0.383 e. The van der Waals surface area contributed by atoms with Crippen molar-refractivity contribution in [3.05, 3.63) is 48.3 Å². The van der Waals surface area contributed by atoms with Gasteiger partial charge in [-0.1, -0.05) is 6.07 Å². The maximum Gasteiger partial charge on any atom is 0.213 e. The van der Waals surface area contributed by atoms with Crippen molar-refractivity contribution in [2.75, 3.05) is 52.3 Å². The van der Waals surface area contributed by atoms with Crippen molar-refractivity contribution in [2.45, 2.75) is 6.92 Å². The van der Waals surface area contributed by atoms with Crippen LogP contribution in [0, 0.1) is 5.95 Å². The molecule has 28 heavy (non-hydrogen) atoms. The highest BCUT2D eigenvalue weighted by Crippen LogP contribution is 2.25. The minimum absolute atomic E-state index is 0.499. The molecule has 0 unspecified atom stereocenters. The van der Waals surface area contributed by atoms with Gasteiger partial charge < -0.3 is 14.5 Å². The average molecular weight is 386 g/mol. The Morgan fingerprint density at radius 3 is 2.82 bits per heavy atom. The van der Waals surface area contributed by atoms with E-state index in [0.29, 0.717) is 31.2 Å². The van der Waals surface area contributed by atoms with E-state index in [1.165, 1.54) is 6.07 Å². The van der Waals surface area contributed by atoms with Crippen molar-refractivity contribution in [3.8, 4) is 0 Å². The molecule has 0 fully saturated rings. The normalized spacial score (nSPS) is 11.8. The lowest BCUT2D eigenvalue weighted by atomic mass is 10.3. The van der Waals surface area contributed by atoms with E-state index in [0.717, 1.165) is 17.9 Å². The van der Waals surface area contributed by atoms with Gasteiger partial charge in [0, 0.05) is 46.7 Å². The van der Waals surface area contributed by atoms with Crippen LogP contribution in [-0.4, -0.2) is 74.4 Å². The van der Waals surface area contributed by atoms with Crippen LogP contribution in [0.25, 0.3) is 0 Å². The molecule has 7 nitrogen and oxygen atoms in total. The number of aliphatic imine (C=N–C) groups is 2. The summed E-state index contributed by atoms with van der Waals surface area (Å²) in [6, 6.07) is 6.62. The molecule has 2 rings (SSSR count).